The van der Waals surface area contributed by atoms with Gasteiger partial charge < -0.3 is 33.1 Å². The highest BCUT2D eigenvalue weighted by atomic mass is 16.4. The van der Waals surface area contributed by atoms with Crippen LogP contribution in [-0.2, 0) is 19.2 Å². The molecule has 0 aromatic heterocycles. The molecule has 188 valence electrons. The van der Waals surface area contributed by atoms with E-state index >= 15 is 0 Å². The van der Waals surface area contributed by atoms with Gasteiger partial charge in [0.25, 0.3) is 0 Å². The second kappa shape index (κ2) is 19.3. The van der Waals surface area contributed by atoms with Crippen LogP contribution >= 0.6 is 0 Å². The average molecular weight is 465 g/mol. The third-order valence-corrected chi connectivity index (χ3v) is 3.83. The molecule has 12 N–H and O–H groups in total. The van der Waals surface area contributed by atoms with E-state index in [9.17, 15) is 19.2 Å². The molecule has 0 radical (unpaired) electrons. The number of hydrogen-bond acceptors (Lipinski definition) is 10. The fraction of sp³-hybridized carbons (Fsp3) is 0.778. The van der Waals surface area contributed by atoms with Gasteiger partial charge in [0.05, 0.1) is 0 Å². The number of carboxylic acid groups (broad SMARTS) is 2. The second-order valence-electron chi connectivity index (χ2n) is 7.36. The Kier molecular flexibility index (Phi) is 19.2. The number of aliphatic carboxylic acids is 2. The molecule has 0 aliphatic heterocycles. The fourth-order valence-electron chi connectivity index (χ4n) is 2.44. The van der Waals surface area contributed by atoms with E-state index in [0.717, 1.165) is 12.8 Å². The van der Waals surface area contributed by atoms with Gasteiger partial charge in [-0.2, -0.15) is 0 Å². The van der Waals surface area contributed by atoms with Crippen molar-refractivity contribution in [1.29, 1.82) is 0 Å². The zero-order valence-electron chi connectivity index (χ0n) is 19.0. The Morgan fingerprint density at radius 3 is 1.31 bits per heavy atom. The monoisotopic (exact) mass is 464 g/mol. The largest absolute Gasteiger partial charge is 0.480 e. The summed E-state index contributed by atoms with van der Waals surface area (Å²) in [4.78, 5) is 43.3. The van der Waals surface area contributed by atoms with Crippen molar-refractivity contribution in [2.45, 2.75) is 50.6 Å². The Bertz CT molecular complexity index is 518. The number of hydrogen-bond donors (Lipinski definition) is 8. The highest BCUT2D eigenvalue weighted by Crippen LogP contribution is 1.98. The van der Waals surface area contributed by atoms with E-state index in [-0.39, 0.29) is 49.8 Å². The summed E-state index contributed by atoms with van der Waals surface area (Å²) in [6.45, 7) is 0.607. The molecule has 0 unspecified atom stereocenters. The highest BCUT2D eigenvalue weighted by Gasteiger charge is 2.13. The van der Waals surface area contributed by atoms with E-state index in [0.29, 0.717) is 25.9 Å². The maximum absolute atomic E-state index is 11.4. The van der Waals surface area contributed by atoms with E-state index in [2.05, 4.69) is 10.9 Å². The van der Waals surface area contributed by atoms with Crippen LogP contribution in [0.15, 0.2) is 0 Å². The molecular formula is C18H40N8O6. The van der Waals surface area contributed by atoms with Crippen molar-refractivity contribution in [1.82, 2.24) is 20.9 Å². The van der Waals surface area contributed by atoms with Crippen LogP contribution in [0.2, 0.25) is 0 Å². The van der Waals surface area contributed by atoms with Crippen molar-refractivity contribution in [2.24, 2.45) is 22.9 Å². The van der Waals surface area contributed by atoms with Crippen molar-refractivity contribution in [3.8, 4) is 0 Å². The Balaban J connectivity index is 0. The molecule has 14 nitrogen and oxygen atoms in total. The molecule has 0 saturated heterocycles. The lowest BCUT2D eigenvalue weighted by molar-refractivity contribution is -0.141. The molecule has 0 heterocycles. The van der Waals surface area contributed by atoms with Crippen LogP contribution in [-0.4, -0.2) is 96.3 Å². The predicted molar refractivity (Wildman–Crippen MR) is 119 cm³/mol. The smallest absolute Gasteiger partial charge is 0.319 e. The number of nitrogens with two attached hydrogens (primary N) is 4. The van der Waals surface area contributed by atoms with Gasteiger partial charge in [-0.25, -0.2) is 10.0 Å². The maximum atomic E-state index is 11.4. The van der Waals surface area contributed by atoms with Crippen LogP contribution in [0.4, 0.5) is 0 Å². The van der Waals surface area contributed by atoms with Gasteiger partial charge in [0, 0.05) is 39.0 Å². The first-order valence-electron chi connectivity index (χ1n) is 10.3. The quantitative estimate of drug-likeness (QED) is 0.106. The van der Waals surface area contributed by atoms with Crippen molar-refractivity contribution in [3.05, 3.63) is 0 Å². The minimum atomic E-state index is -1.00. The zero-order valence-corrected chi connectivity index (χ0v) is 19.0. The topological polar surface area (TPSA) is 243 Å². The van der Waals surface area contributed by atoms with E-state index < -0.39 is 11.9 Å². The van der Waals surface area contributed by atoms with Gasteiger partial charge in [-0.1, -0.05) is 0 Å². The summed E-state index contributed by atoms with van der Waals surface area (Å²) in [5.74, 6) is -2.58. The third kappa shape index (κ3) is 22.3. The zero-order chi connectivity index (χ0) is 25.1. The summed E-state index contributed by atoms with van der Waals surface area (Å²) in [6.07, 6.45) is 3.27. The summed E-state index contributed by atoms with van der Waals surface area (Å²) in [5.41, 5.74) is 26.8. The number of carbonyl (C=O) groups excluding carboxylic acids is 2. The molecule has 14 heteroatoms. The van der Waals surface area contributed by atoms with Gasteiger partial charge in [-0.3, -0.25) is 30.0 Å². The molecule has 0 bridgehead atoms. The fourth-order valence-corrected chi connectivity index (χ4v) is 2.44. The summed E-state index contributed by atoms with van der Waals surface area (Å²) < 4.78 is 0. The number of likely N-dealkylation sites (N-methyl/N-ethyl adjacent to an activating group) is 2. The lowest BCUT2D eigenvalue weighted by atomic mass is 10.1. The lowest BCUT2D eigenvalue weighted by Crippen LogP contribution is -2.44. The van der Waals surface area contributed by atoms with Gasteiger partial charge in [0.15, 0.2) is 0 Å². The molecule has 0 aromatic rings. The lowest BCUT2D eigenvalue weighted by Gasteiger charge is -2.17. The van der Waals surface area contributed by atoms with Crippen LogP contribution in [0.3, 0.4) is 0 Å². The van der Waals surface area contributed by atoms with Gasteiger partial charge in [-0.05, 0) is 38.8 Å². The van der Waals surface area contributed by atoms with E-state index in [1.807, 2.05) is 0 Å². The molecule has 0 aliphatic carbocycles. The van der Waals surface area contributed by atoms with Crippen molar-refractivity contribution in [2.75, 3.05) is 40.3 Å². The minimum absolute atomic E-state index is 0.171. The summed E-state index contributed by atoms with van der Waals surface area (Å²) in [6, 6.07) is -0.469. The number of hydrazine groups is 2. The Hall–Kier alpha value is -2.36. The van der Waals surface area contributed by atoms with Gasteiger partial charge in [0.2, 0.25) is 11.8 Å². The van der Waals surface area contributed by atoms with Crippen LogP contribution in [0.1, 0.15) is 38.5 Å². The Morgan fingerprint density at radius 2 is 1.06 bits per heavy atom. The normalized spacial score (nSPS) is 12.5. The number of rotatable bonds is 16. The summed E-state index contributed by atoms with van der Waals surface area (Å²) >= 11 is 0. The van der Waals surface area contributed by atoms with Crippen LogP contribution in [0.5, 0.6) is 0 Å². The Labute approximate surface area is 188 Å². The maximum Gasteiger partial charge on any atom is 0.319 e. The van der Waals surface area contributed by atoms with Crippen LogP contribution < -0.4 is 33.8 Å². The standard InChI is InChI=1S/2C9H20N4O3/c2*1-13(6-9(15)16)12-8(14)5-7(11)3-2-4-10/h2*7H,2-6,10-11H2,1H3,(H,12,14)(H,15,16)/t2*7-/m00/s1. The molecule has 0 aromatic carbocycles. The molecule has 0 spiro atoms. The van der Waals surface area contributed by atoms with Crippen LogP contribution in [0.25, 0.3) is 0 Å². The van der Waals surface area contributed by atoms with Crippen molar-refractivity contribution >= 4 is 23.8 Å². The van der Waals surface area contributed by atoms with Gasteiger partial charge in [-0.15, -0.1) is 0 Å². The number of carbonyl (C=O) groups is 4. The number of nitrogens with zero attached hydrogens (tertiary/aromatic N) is 2. The first-order valence-corrected chi connectivity index (χ1v) is 10.3. The molecule has 2 amide bonds. The first-order chi connectivity index (χ1) is 14.9. The first kappa shape index (κ1) is 31.8. The molecule has 0 saturated carbocycles. The van der Waals surface area contributed by atoms with E-state index in [1.54, 1.807) is 0 Å². The van der Waals surface area contributed by atoms with E-state index in [1.165, 1.54) is 24.1 Å². The molecule has 2 atom stereocenters. The van der Waals surface area contributed by atoms with Crippen molar-refractivity contribution in [3.63, 3.8) is 0 Å². The van der Waals surface area contributed by atoms with Crippen LogP contribution in [0, 0.1) is 0 Å². The van der Waals surface area contributed by atoms with Gasteiger partial charge >= 0.3 is 11.9 Å². The highest BCUT2D eigenvalue weighted by molar-refractivity contribution is 5.77. The van der Waals surface area contributed by atoms with E-state index in [4.69, 9.17) is 33.1 Å². The molecule has 0 rings (SSSR count). The predicted octanol–water partition coefficient (Wildman–Crippen LogP) is -3.02. The molecule has 0 fully saturated rings. The SMILES string of the molecule is CN(CC(=O)O)NC(=O)C[C@@H](N)CCCN.CN(CC(=O)O)NC(=O)C[C@@H](N)CCCN. The molecular weight excluding hydrogens is 424 g/mol. The summed E-state index contributed by atoms with van der Waals surface area (Å²) in [7, 11) is 2.97. The summed E-state index contributed by atoms with van der Waals surface area (Å²) in [5, 5.41) is 19.3. The number of nitrogens with one attached hydrogen (secondary N) is 2. The number of amides is 2. The van der Waals surface area contributed by atoms with Gasteiger partial charge in [0.1, 0.15) is 13.1 Å². The third-order valence-electron chi connectivity index (χ3n) is 3.83. The second-order valence-corrected chi connectivity index (χ2v) is 7.36. The molecule has 32 heavy (non-hydrogen) atoms. The minimum Gasteiger partial charge on any atom is -0.480 e. The van der Waals surface area contributed by atoms with Crippen molar-refractivity contribution < 1.29 is 29.4 Å². The Morgan fingerprint density at radius 1 is 0.750 bits per heavy atom. The number of carboxylic acids is 2. The molecule has 0 aliphatic rings. The average Bonchev–Trinajstić information content (AvgIpc) is 2.63.